The predicted octanol–water partition coefficient (Wildman–Crippen LogP) is 1.91. The molecule has 0 amide bonds. The summed E-state index contributed by atoms with van der Waals surface area (Å²) in [6.45, 7) is 3.13. The number of hydrogen-bond donors (Lipinski definition) is 0. The Balaban J connectivity index is 2.27. The minimum Gasteiger partial charge on any atom is -0.467 e. The Labute approximate surface area is 99.8 Å². The lowest BCUT2D eigenvalue weighted by atomic mass is 10.0. The molecule has 1 aromatic rings. The molecule has 88 valence electrons. The summed E-state index contributed by atoms with van der Waals surface area (Å²) >= 11 is 5.83. The van der Waals surface area contributed by atoms with Gasteiger partial charge in [-0.1, -0.05) is 0 Å². The van der Waals surface area contributed by atoms with E-state index in [9.17, 15) is 0 Å². The molecule has 1 aliphatic heterocycles. The first-order valence-electron chi connectivity index (χ1n) is 5.43. The number of nitrogens with zero attached hydrogens (tertiary/aromatic N) is 4. The van der Waals surface area contributed by atoms with E-state index in [4.69, 9.17) is 16.3 Å². The zero-order valence-corrected chi connectivity index (χ0v) is 10.2. The third kappa shape index (κ3) is 2.35. The highest BCUT2D eigenvalue weighted by molar-refractivity contribution is 6.28. The summed E-state index contributed by atoms with van der Waals surface area (Å²) in [6, 6.07) is 0.713. The molecule has 0 saturated carbocycles. The Hall–Kier alpha value is -1.10. The second-order valence-electron chi connectivity index (χ2n) is 3.93. The van der Waals surface area contributed by atoms with Gasteiger partial charge in [-0.2, -0.15) is 15.0 Å². The van der Waals surface area contributed by atoms with E-state index in [-0.39, 0.29) is 11.3 Å². The summed E-state index contributed by atoms with van der Waals surface area (Å²) in [5, 5.41) is 0.180. The van der Waals surface area contributed by atoms with Gasteiger partial charge in [0.05, 0.1) is 7.11 Å². The molecule has 2 rings (SSSR count). The minimum absolute atomic E-state index is 0.180. The van der Waals surface area contributed by atoms with Crippen LogP contribution >= 0.6 is 11.6 Å². The van der Waals surface area contributed by atoms with E-state index in [1.807, 2.05) is 0 Å². The van der Waals surface area contributed by atoms with Crippen molar-refractivity contribution >= 4 is 17.5 Å². The van der Waals surface area contributed by atoms with Crippen LogP contribution in [0, 0.1) is 0 Å². The fourth-order valence-corrected chi connectivity index (χ4v) is 2.08. The second-order valence-corrected chi connectivity index (χ2v) is 4.27. The SMILES string of the molecule is COc1nc(Cl)nc(N2CCCC[C@H]2C)n1. The summed E-state index contributed by atoms with van der Waals surface area (Å²) in [7, 11) is 1.52. The average molecular weight is 243 g/mol. The highest BCUT2D eigenvalue weighted by Gasteiger charge is 2.22. The molecule has 0 spiro atoms. The van der Waals surface area contributed by atoms with Crippen LogP contribution in [0.25, 0.3) is 0 Å². The smallest absolute Gasteiger partial charge is 0.322 e. The molecule has 1 aliphatic rings. The second kappa shape index (κ2) is 4.82. The van der Waals surface area contributed by atoms with Crippen LogP contribution in [0.1, 0.15) is 26.2 Å². The standard InChI is InChI=1S/C10H15ClN4O/c1-7-5-3-4-6-15(7)9-12-8(11)13-10(14-9)16-2/h7H,3-6H2,1-2H3/t7-/m1/s1. The van der Waals surface area contributed by atoms with E-state index in [1.165, 1.54) is 13.5 Å². The van der Waals surface area contributed by atoms with Gasteiger partial charge in [-0.25, -0.2) is 0 Å². The molecule has 1 saturated heterocycles. The Morgan fingerprint density at radius 1 is 1.31 bits per heavy atom. The Bertz CT molecular complexity index is 374. The molecule has 2 heterocycles. The van der Waals surface area contributed by atoms with Crippen LogP contribution in [0.5, 0.6) is 6.01 Å². The summed E-state index contributed by atoms with van der Waals surface area (Å²) in [6.07, 6.45) is 3.58. The number of aromatic nitrogens is 3. The third-order valence-corrected chi connectivity index (χ3v) is 2.99. The van der Waals surface area contributed by atoms with E-state index in [2.05, 4.69) is 26.8 Å². The number of hydrogen-bond acceptors (Lipinski definition) is 5. The van der Waals surface area contributed by atoms with Crippen molar-refractivity contribution in [2.24, 2.45) is 0 Å². The van der Waals surface area contributed by atoms with Crippen LogP contribution in [0.15, 0.2) is 0 Å². The number of rotatable bonds is 2. The lowest BCUT2D eigenvalue weighted by Gasteiger charge is -2.33. The number of methoxy groups -OCH3 is 1. The highest BCUT2D eigenvalue weighted by Crippen LogP contribution is 2.23. The molecule has 0 radical (unpaired) electrons. The van der Waals surface area contributed by atoms with E-state index < -0.39 is 0 Å². The van der Waals surface area contributed by atoms with Crippen LogP contribution in [0.3, 0.4) is 0 Å². The zero-order valence-electron chi connectivity index (χ0n) is 9.48. The lowest BCUT2D eigenvalue weighted by Crippen LogP contribution is -2.38. The van der Waals surface area contributed by atoms with Crippen molar-refractivity contribution < 1.29 is 4.74 Å². The number of anilines is 1. The molecule has 16 heavy (non-hydrogen) atoms. The zero-order chi connectivity index (χ0) is 11.5. The maximum Gasteiger partial charge on any atom is 0.322 e. The monoisotopic (exact) mass is 242 g/mol. The molecule has 0 aliphatic carbocycles. The molecule has 1 aromatic heterocycles. The molecule has 0 bridgehead atoms. The fraction of sp³-hybridized carbons (Fsp3) is 0.700. The molecule has 0 aromatic carbocycles. The van der Waals surface area contributed by atoms with E-state index in [0.29, 0.717) is 12.0 Å². The fourth-order valence-electron chi connectivity index (χ4n) is 1.94. The van der Waals surface area contributed by atoms with Crippen LogP contribution in [-0.2, 0) is 0 Å². The first-order valence-corrected chi connectivity index (χ1v) is 5.80. The summed E-state index contributed by atoms with van der Waals surface area (Å²) in [4.78, 5) is 14.4. The quantitative estimate of drug-likeness (QED) is 0.793. The third-order valence-electron chi connectivity index (χ3n) is 2.82. The molecular weight excluding hydrogens is 228 g/mol. The van der Waals surface area contributed by atoms with Crippen molar-refractivity contribution in [3.05, 3.63) is 5.28 Å². The van der Waals surface area contributed by atoms with Gasteiger partial charge >= 0.3 is 6.01 Å². The molecule has 6 heteroatoms. The number of ether oxygens (including phenoxy) is 1. The van der Waals surface area contributed by atoms with E-state index in [1.54, 1.807) is 0 Å². The lowest BCUT2D eigenvalue weighted by molar-refractivity contribution is 0.376. The molecular formula is C10H15ClN4O. The van der Waals surface area contributed by atoms with E-state index >= 15 is 0 Å². The van der Waals surface area contributed by atoms with Gasteiger partial charge in [-0.3, -0.25) is 0 Å². The van der Waals surface area contributed by atoms with Crippen LogP contribution in [0.2, 0.25) is 5.28 Å². The van der Waals surface area contributed by atoms with E-state index in [0.717, 1.165) is 19.4 Å². The predicted molar refractivity (Wildman–Crippen MR) is 62.0 cm³/mol. The maximum absolute atomic E-state index is 5.83. The normalized spacial score (nSPS) is 20.9. The van der Waals surface area contributed by atoms with Gasteiger partial charge in [0.1, 0.15) is 0 Å². The number of piperidine rings is 1. The van der Waals surface area contributed by atoms with Gasteiger partial charge in [0, 0.05) is 12.6 Å². The van der Waals surface area contributed by atoms with Gasteiger partial charge in [-0.05, 0) is 37.8 Å². The van der Waals surface area contributed by atoms with Gasteiger partial charge in [0.2, 0.25) is 11.2 Å². The Morgan fingerprint density at radius 3 is 2.81 bits per heavy atom. The molecule has 1 atom stereocenters. The van der Waals surface area contributed by atoms with Crippen LogP contribution < -0.4 is 9.64 Å². The first-order chi connectivity index (χ1) is 7.70. The topological polar surface area (TPSA) is 51.1 Å². The summed E-state index contributed by atoms with van der Waals surface area (Å²) in [5.41, 5.74) is 0. The van der Waals surface area contributed by atoms with Gasteiger partial charge < -0.3 is 9.64 Å². The van der Waals surface area contributed by atoms with Crippen molar-refractivity contribution in [2.45, 2.75) is 32.2 Å². The molecule has 5 nitrogen and oxygen atoms in total. The largest absolute Gasteiger partial charge is 0.467 e. The van der Waals surface area contributed by atoms with Gasteiger partial charge in [0.25, 0.3) is 0 Å². The van der Waals surface area contributed by atoms with Crippen LogP contribution in [-0.4, -0.2) is 34.6 Å². The van der Waals surface area contributed by atoms with Gasteiger partial charge in [0.15, 0.2) is 0 Å². The number of halogens is 1. The Kier molecular flexibility index (Phi) is 3.43. The van der Waals surface area contributed by atoms with Crippen molar-refractivity contribution in [1.29, 1.82) is 0 Å². The molecule has 1 fully saturated rings. The van der Waals surface area contributed by atoms with Crippen molar-refractivity contribution in [1.82, 2.24) is 15.0 Å². The van der Waals surface area contributed by atoms with Crippen molar-refractivity contribution in [3.8, 4) is 6.01 Å². The minimum atomic E-state index is 0.180. The van der Waals surface area contributed by atoms with Crippen molar-refractivity contribution in [2.75, 3.05) is 18.6 Å². The maximum atomic E-state index is 5.83. The summed E-state index contributed by atoms with van der Waals surface area (Å²) < 4.78 is 4.99. The summed E-state index contributed by atoms with van der Waals surface area (Å²) in [5.74, 6) is 0.615. The molecule has 0 unspecified atom stereocenters. The Morgan fingerprint density at radius 2 is 2.12 bits per heavy atom. The van der Waals surface area contributed by atoms with Crippen molar-refractivity contribution in [3.63, 3.8) is 0 Å². The highest BCUT2D eigenvalue weighted by atomic mass is 35.5. The first kappa shape index (κ1) is 11.4. The van der Waals surface area contributed by atoms with Gasteiger partial charge in [-0.15, -0.1) is 0 Å². The van der Waals surface area contributed by atoms with Crippen LogP contribution in [0.4, 0.5) is 5.95 Å². The molecule has 0 N–H and O–H groups in total. The average Bonchev–Trinajstić information content (AvgIpc) is 2.28.